The second-order valence-electron chi connectivity index (χ2n) is 6.13. The molecule has 9 nitrogen and oxygen atoms in total. The summed E-state index contributed by atoms with van der Waals surface area (Å²) < 4.78 is 57.5. The molecule has 0 spiro atoms. The zero-order chi connectivity index (χ0) is 23.4. The minimum absolute atomic E-state index is 0.0158. The van der Waals surface area contributed by atoms with Gasteiger partial charge in [0.1, 0.15) is 12.2 Å². The van der Waals surface area contributed by atoms with Gasteiger partial charge in [0.15, 0.2) is 22.5 Å². The molecule has 3 rings (SSSR count). The fourth-order valence-corrected chi connectivity index (χ4v) is 3.53. The summed E-state index contributed by atoms with van der Waals surface area (Å²) in [5, 5.41) is 15.6. The van der Waals surface area contributed by atoms with Gasteiger partial charge in [0, 0.05) is 24.2 Å². The number of alkyl halides is 2. The van der Waals surface area contributed by atoms with Crippen LogP contribution >= 0.6 is 11.3 Å². The zero-order valence-electron chi connectivity index (χ0n) is 16.2. The van der Waals surface area contributed by atoms with E-state index in [2.05, 4.69) is 20.4 Å². The summed E-state index contributed by atoms with van der Waals surface area (Å²) in [6.07, 6.45) is 1.46. The Morgan fingerprint density at radius 1 is 1.28 bits per heavy atom. The SMILES string of the molecule is CNc1ccn(CC(=O)Nc2nc(-c3cc(F)c(OC(F)F)c(F)c3)cs2)c1C(=O)NO. The maximum absolute atomic E-state index is 13.9. The lowest BCUT2D eigenvalue weighted by Gasteiger charge is -2.09. The first-order valence-corrected chi connectivity index (χ1v) is 9.62. The molecule has 14 heteroatoms. The first-order valence-electron chi connectivity index (χ1n) is 8.74. The smallest absolute Gasteiger partial charge is 0.387 e. The number of hydrogen-bond acceptors (Lipinski definition) is 7. The van der Waals surface area contributed by atoms with E-state index in [1.165, 1.54) is 27.7 Å². The molecular weight excluding hydrogens is 458 g/mol. The van der Waals surface area contributed by atoms with Crippen LogP contribution in [-0.2, 0) is 11.3 Å². The van der Waals surface area contributed by atoms with Crippen molar-refractivity contribution < 1.29 is 37.1 Å². The maximum Gasteiger partial charge on any atom is 0.387 e. The molecule has 0 saturated carbocycles. The highest BCUT2D eigenvalue weighted by molar-refractivity contribution is 7.14. The first kappa shape index (κ1) is 23.0. The molecule has 0 bridgehead atoms. The summed E-state index contributed by atoms with van der Waals surface area (Å²) in [7, 11) is 1.56. The van der Waals surface area contributed by atoms with Crippen molar-refractivity contribution in [1.82, 2.24) is 15.0 Å². The topological polar surface area (TPSA) is 118 Å². The van der Waals surface area contributed by atoms with Crippen molar-refractivity contribution in [3.05, 3.63) is 47.1 Å². The van der Waals surface area contributed by atoms with Gasteiger partial charge in [-0.3, -0.25) is 14.8 Å². The van der Waals surface area contributed by atoms with Gasteiger partial charge >= 0.3 is 6.61 Å². The number of ether oxygens (including phenoxy) is 1. The monoisotopic (exact) mass is 473 g/mol. The number of carbonyl (C=O) groups excluding carboxylic acids is 2. The van der Waals surface area contributed by atoms with Gasteiger partial charge in [0.2, 0.25) is 5.91 Å². The number of hydrogen-bond donors (Lipinski definition) is 4. The van der Waals surface area contributed by atoms with Crippen LogP contribution in [0.4, 0.5) is 28.4 Å². The maximum atomic E-state index is 13.9. The summed E-state index contributed by atoms with van der Waals surface area (Å²) >= 11 is 0.954. The number of halogens is 4. The Bertz CT molecular complexity index is 1130. The third-order valence-electron chi connectivity index (χ3n) is 4.11. The molecule has 170 valence electrons. The highest BCUT2D eigenvalue weighted by Crippen LogP contribution is 2.31. The Morgan fingerprint density at radius 2 is 1.97 bits per heavy atom. The molecule has 0 unspecified atom stereocenters. The third kappa shape index (κ3) is 4.97. The molecule has 32 heavy (non-hydrogen) atoms. The summed E-state index contributed by atoms with van der Waals surface area (Å²) in [5.41, 5.74) is 1.93. The molecule has 0 aliphatic carbocycles. The Kier molecular flexibility index (Phi) is 6.95. The van der Waals surface area contributed by atoms with Gasteiger partial charge < -0.3 is 19.9 Å². The molecule has 3 aromatic rings. The van der Waals surface area contributed by atoms with Crippen LogP contribution in [0.5, 0.6) is 5.75 Å². The quantitative estimate of drug-likeness (QED) is 0.227. The fourth-order valence-electron chi connectivity index (χ4n) is 2.80. The second-order valence-corrected chi connectivity index (χ2v) is 6.99. The molecule has 2 aromatic heterocycles. The number of anilines is 2. The number of benzene rings is 1. The third-order valence-corrected chi connectivity index (χ3v) is 4.87. The van der Waals surface area contributed by atoms with E-state index in [-0.39, 0.29) is 28.6 Å². The van der Waals surface area contributed by atoms with Gasteiger partial charge in [-0.15, -0.1) is 11.3 Å². The second kappa shape index (κ2) is 9.65. The van der Waals surface area contributed by atoms with Crippen molar-refractivity contribution in [2.75, 3.05) is 17.7 Å². The Labute approximate surface area is 181 Å². The largest absolute Gasteiger partial charge is 0.429 e. The molecule has 4 N–H and O–H groups in total. The van der Waals surface area contributed by atoms with Crippen LogP contribution in [0, 0.1) is 11.6 Å². The van der Waals surface area contributed by atoms with Gasteiger partial charge in [0.05, 0.1) is 11.4 Å². The number of aromatic nitrogens is 2. The minimum Gasteiger partial charge on any atom is -0.429 e. The summed E-state index contributed by atoms with van der Waals surface area (Å²) in [4.78, 5) is 28.2. The minimum atomic E-state index is -3.39. The fraction of sp³-hybridized carbons (Fsp3) is 0.167. The number of thiazole rings is 1. The first-order chi connectivity index (χ1) is 15.2. The van der Waals surface area contributed by atoms with E-state index in [9.17, 15) is 27.2 Å². The van der Waals surface area contributed by atoms with Crippen molar-refractivity contribution in [2.45, 2.75) is 13.2 Å². The van der Waals surface area contributed by atoms with Crippen molar-refractivity contribution in [3.8, 4) is 17.0 Å². The van der Waals surface area contributed by atoms with Gasteiger partial charge in [-0.1, -0.05) is 0 Å². The van der Waals surface area contributed by atoms with Crippen molar-refractivity contribution in [1.29, 1.82) is 0 Å². The molecule has 0 aliphatic heterocycles. The molecule has 2 heterocycles. The van der Waals surface area contributed by atoms with Crippen molar-refractivity contribution in [3.63, 3.8) is 0 Å². The van der Waals surface area contributed by atoms with Gasteiger partial charge in [-0.25, -0.2) is 19.2 Å². The lowest BCUT2D eigenvalue weighted by Crippen LogP contribution is -2.26. The molecule has 0 fully saturated rings. The number of carbonyl (C=O) groups is 2. The van der Waals surface area contributed by atoms with Gasteiger partial charge in [-0.2, -0.15) is 8.78 Å². The van der Waals surface area contributed by atoms with Crippen LogP contribution in [0.2, 0.25) is 0 Å². The molecule has 0 aliphatic rings. The van der Waals surface area contributed by atoms with Crippen molar-refractivity contribution >= 4 is 34.0 Å². The number of rotatable bonds is 8. The average Bonchev–Trinajstić information content (AvgIpc) is 3.36. The predicted octanol–water partition coefficient (Wildman–Crippen LogP) is 3.29. The highest BCUT2D eigenvalue weighted by atomic mass is 32.1. The van der Waals surface area contributed by atoms with E-state index < -0.39 is 35.8 Å². The number of hydroxylamine groups is 1. The zero-order valence-corrected chi connectivity index (χ0v) is 17.0. The molecule has 1 aromatic carbocycles. The standard InChI is InChI=1S/C18H15F4N5O4S/c1-23-11-2-3-27(14(11)16(29)26-30)6-13(28)25-18-24-12(7-32-18)8-4-9(19)15(10(20)5-8)31-17(21)22/h2-5,7,17,23,30H,6H2,1H3,(H,26,29)(H,24,25,28). The Morgan fingerprint density at radius 3 is 2.56 bits per heavy atom. The van der Waals surface area contributed by atoms with E-state index in [0.717, 1.165) is 23.5 Å². The van der Waals surface area contributed by atoms with E-state index in [1.807, 2.05) is 0 Å². The van der Waals surface area contributed by atoms with Gasteiger partial charge in [0.25, 0.3) is 5.91 Å². The molecular formula is C18H15F4N5O4S. The lowest BCUT2D eigenvalue weighted by molar-refractivity contribution is -0.116. The van der Waals surface area contributed by atoms with Crippen LogP contribution in [-0.4, -0.2) is 40.2 Å². The lowest BCUT2D eigenvalue weighted by atomic mass is 10.1. The van der Waals surface area contributed by atoms with E-state index in [4.69, 9.17) is 5.21 Å². The van der Waals surface area contributed by atoms with Crippen LogP contribution in [0.25, 0.3) is 11.3 Å². The number of amides is 2. The number of nitrogens with zero attached hydrogens (tertiary/aromatic N) is 2. The molecule has 0 radical (unpaired) electrons. The van der Waals surface area contributed by atoms with Crippen LogP contribution < -0.4 is 20.9 Å². The van der Waals surface area contributed by atoms with Crippen LogP contribution in [0.1, 0.15) is 10.5 Å². The van der Waals surface area contributed by atoms with E-state index >= 15 is 0 Å². The normalized spacial score (nSPS) is 10.8. The Balaban J connectivity index is 1.74. The van der Waals surface area contributed by atoms with Crippen LogP contribution in [0.15, 0.2) is 29.8 Å². The summed E-state index contributed by atoms with van der Waals surface area (Å²) in [5.74, 6) is -5.27. The average molecular weight is 473 g/mol. The number of nitrogens with one attached hydrogen (secondary N) is 3. The highest BCUT2D eigenvalue weighted by Gasteiger charge is 2.20. The summed E-state index contributed by atoms with van der Waals surface area (Å²) in [6, 6.07) is 3.09. The summed E-state index contributed by atoms with van der Waals surface area (Å²) in [6.45, 7) is -3.69. The van der Waals surface area contributed by atoms with E-state index in [1.54, 1.807) is 7.05 Å². The molecule has 0 atom stereocenters. The van der Waals surface area contributed by atoms with Gasteiger partial charge in [-0.05, 0) is 18.2 Å². The van der Waals surface area contributed by atoms with E-state index in [0.29, 0.717) is 5.69 Å². The van der Waals surface area contributed by atoms with Crippen LogP contribution in [0.3, 0.4) is 0 Å². The Hall–Kier alpha value is -3.65. The molecule has 2 amide bonds. The molecule has 0 saturated heterocycles. The predicted molar refractivity (Wildman–Crippen MR) is 106 cm³/mol. The van der Waals surface area contributed by atoms with Crippen molar-refractivity contribution in [2.24, 2.45) is 0 Å².